The summed E-state index contributed by atoms with van der Waals surface area (Å²) in [6.07, 6.45) is 1.57. The van der Waals surface area contributed by atoms with Crippen LogP contribution in [0.1, 0.15) is 18.5 Å². The average molecular weight is 340 g/mol. The molecule has 0 spiro atoms. The van der Waals surface area contributed by atoms with E-state index in [1.807, 2.05) is 24.0 Å². The lowest BCUT2D eigenvalue weighted by atomic mass is 9.96. The molecule has 130 valence electrons. The van der Waals surface area contributed by atoms with Crippen LogP contribution in [0.4, 0.5) is 17.2 Å². The third-order valence-electron chi connectivity index (χ3n) is 4.35. The van der Waals surface area contributed by atoms with Crippen molar-refractivity contribution in [3.63, 3.8) is 0 Å². The maximum Gasteiger partial charge on any atom is 0.292 e. The van der Waals surface area contributed by atoms with E-state index in [9.17, 15) is 14.9 Å². The lowest BCUT2D eigenvalue weighted by Crippen LogP contribution is -2.41. The smallest absolute Gasteiger partial charge is 0.292 e. The Kier molecular flexibility index (Phi) is 4.92. The number of hydrogen-bond acceptors (Lipinski definition) is 5. The summed E-state index contributed by atoms with van der Waals surface area (Å²) in [6, 6.07) is 12.1. The number of nitrogens with zero attached hydrogens (tertiary/aromatic N) is 3. The number of aromatic nitrogens is 1. The number of aryl methyl sites for hydroxylation is 1. The molecule has 1 aromatic carbocycles. The van der Waals surface area contributed by atoms with Crippen molar-refractivity contribution in [2.45, 2.75) is 19.8 Å². The number of nitrogens with one attached hydrogen (secondary N) is 1. The summed E-state index contributed by atoms with van der Waals surface area (Å²) in [6.45, 7) is 3.03. The van der Waals surface area contributed by atoms with Gasteiger partial charge in [-0.2, -0.15) is 0 Å². The van der Waals surface area contributed by atoms with E-state index in [0.717, 1.165) is 18.5 Å². The number of anilines is 2. The number of pyridine rings is 1. The first-order valence-corrected chi connectivity index (χ1v) is 8.27. The van der Waals surface area contributed by atoms with Crippen molar-refractivity contribution in [3.8, 4) is 0 Å². The van der Waals surface area contributed by atoms with Gasteiger partial charge in [-0.05, 0) is 38.0 Å². The SMILES string of the molecule is Cc1cccc(NC(=O)C2CCCN(c3ccccc3[N+](=O)[O-])C2)n1. The van der Waals surface area contributed by atoms with Crippen molar-refractivity contribution < 1.29 is 9.72 Å². The lowest BCUT2D eigenvalue weighted by Gasteiger charge is -2.33. The molecule has 1 N–H and O–H groups in total. The standard InChI is InChI=1S/C18H20N4O3/c1-13-6-4-10-17(19-13)20-18(23)14-7-5-11-21(12-14)15-8-2-3-9-16(15)22(24)25/h2-4,6,8-10,14H,5,7,11-12H2,1H3,(H,19,20,23). The molecule has 1 atom stereocenters. The topological polar surface area (TPSA) is 88.4 Å². The fourth-order valence-electron chi connectivity index (χ4n) is 3.14. The molecule has 7 heteroatoms. The summed E-state index contributed by atoms with van der Waals surface area (Å²) in [4.78, 5) is 29.6. The molecule has 2 heterocycles. The summed E-state index contributed by atoms with van der Waals surface area (Å²) >= 11 is 0. The van der Waals surface area contributed by atoms with E-state index in [4.69, 9.17) is 0 Å². The van der Waals surface area contributed by atoms with Crippen molar-refractivity contribution in [2.24, 2.45) is 5.92 Å². The fraction of sp³-hybridized carbons (Fsp3) is 0.333. The first kappa shape index (κ1) is 16.9. The Hall–Kier alpha value is -2.96. The minimum atomic E-state index is -0.379. The van der Waals surface area contributed by atoms with Gasteiger partial charge in [0.1, 0.15) is 11.5 Å². The highest BCUT2D eigenvalue weighted by Gasteiger charge is 2.29. The molecule has 0 bridgehead atoms. The van der Waals surface area contributed by atoms with Crippen LogP contribution >= 0.6 is 0 Å². The van der Waals surface area contributed by atoms with E-state index >= 15 is 0 Å². The molecule has 7 nitrogen and oxygen atoms in total. The fourth-order valence-corrected chi connectivity index (χ4v) is 3.14. The number of benzene rings is 1. The second kappa shape index (κ2) is 7.29. The first-order chi connectivity index (χ1) is 12.0. The molecule has 0 aliphatic carbocycles. The van der Waals surface area contributed by atoms with Gasteiger partial charge in [0.05, 0.1) is 10.8 Å². The minimum absolute atomic E-state index is 0.0731. The number of rotatable bonds is 4. The van der Waals surface area contributed by atoms with Crippen molar-refractivity contribution in [2.75, 3.05) is 23.3 Å². The van der Waals surface area contributed by atoms with Crippen LogP contribution in [-0.2, 0) is 4.79 Å². The van der Waals surface area contributed by atoms with Gasteiger partial charge in [0.25, 0.3) is 5.69 Å². The summed E-state index contributed by atoms with van der Waals surface area (Å²) in [5.74, 6) is 0.213. The van der Waals surface area contributed by atoms with E-state index in [2.05, 4.69) is 10.3 Å². The molecule has 1 saturated heterocycles. The Labute approximate surface area is 145 Å². The van der Waals surface area contributed by atoms with Gasteiger partial charge in [0.15, 0.2) is 0 Å². The number of amides is 1. The van der Waals surface area contributed by atoms with E-state index in [1.54, 1.807) is 24.3 Å². The molecule has 3 rings (SSSR count). The Balaban J connectivity index is 1.73. The Morgan fingerprint density at radius 2 is 2.08 bits per heavy atom. The third-order valence-corrected chi connectivity index (χ3v) is 4.35. The van der Waals surface area contributed by atoms with Gasteiger partial charge in [0, 0.05) is 24.8 Å². The van der Waals surface area contributed by atoms with E-state index in [1.165, 1.54) is 6.07 Å². The molecule has 25 heavy (non-hydrogen) atoms. The molecular weight excluding hydrogens is 320 g/mol. The van der Waals surface area contributed by atoms with E-state index in [0.29, 0.717) is 24.6 Å². The largest absolute Gasteiger partial charge is 0.365 e. The quantitative estimate of drug-likeness (QED) is 0.682. The van der Waals surface area contributed by atoms with Crippen LogP contribution in [0, 0.1) is 23.0 Å². The number of nitro benzene ring substituents is 1. The van der Waals surface area contributed by atoms with Crippen LogP contribution in [0.25, 0.3) is 0 Å². The maximum absolute atomic E-state index is 12.6. The van der Waals surface area contributed by atoms with E-state index < -0.39 is 0 Å². The second-order valence-electron chi connectivity index (χ2n) is 6.18. The molecule has 1 aromatic heterocycles. The van der Waals surface area contributed by atoms with Crippen LogP contribution in [-0.4, -0.2) is 28.9 Å². The third kappa shape index (κ3) is 3.93. The van der Waals surface area contributed by atoms with Gasteiger partial charge in [-0.1, -0.05) is 18.2 Å². The number of carbonyl (C=O) groups is 1. The molecule has 1 amide bonds. The van der Waals surface area contributed by atoms with Gasteiger partial charge in [-0.15, -0.1) is 0 Å². The van der Waals surface area contributed by atoms with Crippen LogP contribution in [0.2, 0.25) is 0 Å². The molecule has 2 aromatic rings. The van der Waals surface area contributed by atoms with Crippen molar-refractivity contribution in [3.05, 3.63) is 58.3 Å². The zero-order valence-corrected chi connectivity index (χ0v) is 14.0. The number of carbonyl (C=O) groups excluding carboxylic acids is 1. The van der Waals surface area contributed by atoms with Gasteiger partial charge >= 0.3 is 0 Å². The summed E-state index contributed by atoms with van der Waals surface area (Å²) < 4.78 is 0. The van der Waals surface area contributed by atoms with Gasteiger partial charge in [0.2, 0.25) is 5.91 Å². The van der Waals surface area contributed by atoms with Crippen molar-refractivity contribution in [1.29, 1.82) is 0 Å². The van der Waals surface area contributed by atoms with Crippen molar-refractivity contribution >= 4 is 23.1 Å². The lowest BCUT2D eigenvalue weighted by molar-refractivity contribution is -0.384. The van der Waals surface area contributed by atoms with E-state index in [-0.39, 0.29) is 22.4 Å². The van der Waals surface area contributed by atoms with Crippen LogP contribution < -0.4 is 10.2 Å². The summed E-state index contributed by atoms with van der Waals surface area (Å²) in [5, 5.41) is 14.1. The monoisotopic (exact) mass is 340 g/mol. The zero-order valence-electron chi connectivity index (χ0n) is 14.0. The van der Waals surface area contributed by atoms with Gasteiger partial charge < -0.3 is 10.2 Å². The highest BCUT2D eigenvalue weighted by atomic mass is 16.6. The average Bonchev–Trinajstić information content (AvgIpc) is 2.62. The molecule has 1 aliphatic rings. The Morgan fingerprint density at radius 3 is 2.84 bits per heavy atom. The first-order valence-electron chi connectivity index (χ1n) is 8.27. The number of nitro groups is 1. The normalized spacial score (nSPS) is 17.2. The van der Waals surface area contributed by atoms with Crippen LogP contribution in [0.15, 0.2) is 42.5 Å². The predicted molar refractivity (Wildman–Crippen MR) is 95.6 cm³/mol. The van der Waals surface area contributed by atoms with Gasteiger partial charge in [-0.3, -0.25) is 14.9 Å². The molecule has 0 saturated carbocycles. The number of hydrogen-bond donors (Lipinski definition) is 1. The number of para-hydroxylation sites is 2. The highest BCUT2D eigenvalue weighted by molar-refractivity contribution is 5.92. The molecule has 1 unspecified atom stereocenters. The molecule has 1 fully saturated rings. The Bertz CT molecular complexity index is 793. The molecule has 0 radical (unpaired) electrons. The molecular formula is C18H20N4O3. The maximum atomic E-state index is 12.6. The Morgan fingerprint density at radius 1 is 1.28 bits per heavy atom. The van der Waals surface area contributed by atoms with Crippen molar-refractivity contribution in [1.82, 2.24) is 4.98 Å². The predicted octanol–water partition coefficient (Wildman–Crippen LogP) is 3.15. The zero-order chi connectivity index (χ0) is 17.8. The van der Waals surface area contributed by atoms with Crippen LogP contribution in [0.3, 0.4) is 0 Å². The summed E-state index contributed by atoms with van der Waals surface area (Å²) in [5.41, 5.74) is 1.48. The van der Waals surface area contributed by atoms with Gasteiger partial charge in [-0.25, -0.2) is 4.98 Å². The highest BCUT2D eigenvalue weighted by Crippen LogP contribution is 2.31. The minimum Gasteiger partial charge on any atom is -0.365 e. The van der Waals surface area contributed by atoms with Crippen LogP contribution in [0.5, 0.6) is 0 Å². The second-order valence-corrected chi connectivity index (χ2v) is 6.18. The summed E-state index contributed by atoms with van der Waals surface area (Å²) in [7, 11) is 0. The molecule has 1 aliphatic heterocycles. The number of piperidine rings is 1.